The summed E-state index contributed by atoms with van der Waals surface area (Å²) in [5, 5.41) is 6.11. The van der Waals surface area contributed by atoms with E-state index < -0.39 is 40.6 Å². The van der Waals surface area contributed by atoms with Crippen molar-refractivity contribution in [2.75, 3.05) is 0 Å². The summed E-state index contributed by atoms with van der Waals surface area (Å²) in [7, 11) is 0. The molecule has 14 heteroatoms. The topological polar surface area (TPSA) is 69.1 Å². The minimum Gasteiger partial charge on any atom is -0.422 e. The lowest BCUT2D eigenvalue weighted by Gasteiger charge is -2.22. The Morgan fingerprint density at radius 3 is 2.24 bits per heavy atom. The van der Waals surface area contributed by atoms with Gasteiger partial charge >= 0.3 is 18.3 Å². The maximum atomic E-state index is 14.0. The summed E-state index contributed by atoms with van der Waals surface area (Å²) >= 11 is 0. The molecule has 0 aliphatic carbocycles. The number of fused-ring (bicyclic) bond motifs is 3. The number of pyridine rings is 2. The molecule has 152 valence electrons. The van der Waals surface area contributed by atoms with Gasteiger partial charge in [-0.2, -0.15) is 35.1 Å². The summed E-state index contributed by atoms with van der Waals surface area (Å²) in [6.07, 6.45) is -9.42. The van der Waals surface area contributed by atoms with Crippen molar-refractivity contribution in [2.45, 2.75) is 18.3 Å². The minimum atomic E-state index is -6.12. The molecular weight excluding hydrogens is 418 g/mol. The summed E-state index contributed by atoms with van der Waals surface area (Å²) in [6, 6.07) is 1.53. The van der Waals surface area contributed by atoms with Gasteiger partial charge in [-0.3, -0.25) is 4.40 Å². The van der Waals surface area contributed by atoms with E-state index in [2.05, 4.69) is 20.2 Å². The third kappa shape index (κ3) is 2.94. The van der Waals surface area contributed by atoms with E-state index in [9.17, 15) is 35.1 Å². The van der Waals surface area contributed by atoms with E-state index in [0.29, 0.717) is 0 Å². The van der Waals surface area contributed by atoms with Crippen molar-refractivity contribution in [3.63, 3.8) is 0 Å². The first kappa shape index (κ1) is 19.0. The van der Waals surface area contributed by atoms with Crippen molar-refractivity contribution in [2.24, 2.45) is 0 Å². The fourth-order valence-electron chi connectivity index (χ4n) is 2.67. The van der Waals surface area contributed by atoms with Gasteiger partial charge in [0.05, 0.1) is 0 Å². The molecule has 0 spiro atoms. The van der Waals surface area contributed by atoms with Gasteiger partial charge in [-0.05, 0) is 18.2 Å². The summed E-state index contributed by atoms with van der Waals surface area (Å²) < 4.78 is 112. The summed E-state index contributed by atoms with van der Waals surface area (Å²) in [6.45, 7) is 0. The van der Waals surface area contributed by atoms with Gasteiger partial charge in [-0.25, -0.2) is 9.97 Å². The second kappa shape index (κ2) is 5.84. The molecule has 4 aromatic heterocycles. The number of rotatable bonds is 2. The number of imidazole rings is 1. The Hall–Kier alpha value is -3.32. The molecule has 0 bridgehead atoms. The summed E-state index contributed by atoms with van der Waals surface area (Å²) in [4.78, 5) is 7.23. The zero-order valence-corrected chi connectivity index (χ0v) is 13.6. The number of alkyl halides is 8. The predicted octanol–water partition coefficient (Wildman–Crippen LogP) is 4.61. The van der Waals surface area contributed by atoms with Gasteiger partial charge in [-0.15, -0.1) is 10.2 Å². The van der Waals surface area contributed by atoms with Crippen LogP contribution in [0.1, 0.15) is 11.3 Å². The van der Waals surface area contributed by atoms with Crippen LogP contribution in [0, 0.1) is 0 Å². The fourth-order valence-corrected chi connectivity index (χ4v) is 2.67. The lowest BCUT2D eigenvalue weighted by molar-refractivity contribution is -0.288. The highest BCUT2D eigenvalue weighted by Crippen LogP contribution is 2.47. The highest BCUT2D eigenvalue weighted by Gasteiger charge is 2.60. The average Bonchev–Trinajstić information content (AvgIpc) is 3.27. The van der Waals surface area contributed by atoms with Crippen LogP contribution in [0.25, 0.3) is 28.3 Å². The van der Waals surface area contributed by atoms with Crippen LogP contribution in [-0.2, 0) is 12.1 Å². The number of aromatic nitrogens is 5. The molecule has 0 atom stereocenters. The van der Waals surface area contributed by atoms with Crippen molar-refractivity contribution in [3.05, 3.63) is 42.0 Å². The third-order valence-corrected chi connectivity index (χ3v) is 3.96. The van der Waals surface area contributed by atoms with Gasteiger partial charge in [-0.1, -0.05) is 0 Å². The summed E-state index contributed by atoms with van der Waals surface area (Å²) in [5.74, 6) is -5.70. The molecule has 0 unspecified atom stereocenters. The standard InChI is InChI=1S/C15H5F8N5O/c16-13(17,15(21,22)23)7-3-9(14(18,19)20)26-11-6(7)1-2-10-25-8(4-28(10)11)12-27-24-5-29-12/h1-5H. The molecule has 0 radical (unpaired) electrons. The Morgan fingerprint density at radius 1 is 0.931 bits per heavy atom. The largest absolute Gasteiger partial charge is 0.458 e. The minimum absolute atomic E-state index is 0.0432. The van der Waals surface area contributed by atoms with Gasteiger partial charge in [0.2, 0.25) is 6.39 Å². The van der Waals surface area contributed by atoms with Gasteiger partial charge in [0, 0.05) is 17.1 Å². The Balaban J connectivity index is 2.09. The number of nitrogens with zero attached hydrogens (tertiary/aromatic N) is 5. The van der Waals surface area contributed by atoms with E-state index in [0.717, 1.165) is 29.1 Å². The molecule has 0 aliphatic heterocycles. The molecule has 0 aromatic carbocycles. The van der Waals surface area contributed by atoms with Crippen molar-refractivity contribution in [1.29, 1.82) is 0 Å². The molecule has 29 heavy (non-hydrogen) atoms. The Kier molecular flexibility index (Phi) is 3.83. The second-order valence-electron chi connectivity index (χ2n) is 5.79. The van der Waals surface area contributed by atoms with Crippen molar-refractivity contribution in [3.8, 4) is 11.6 Å². The zero-order valence-electron chi connectivity index (χ0n) is 13.6. The van der Waals surface area contributed by atoms with Gasteiger partial charge < -0.3 is 4.42 Å². The molecule has 6 nitrogen and oxygen atoms in total. The van der Waals surface area contributed by atoms with Crippen LogP contribution >= 0.6 is 0 Å². The van der Waals surface area contributed by atoms with Crippen LogP contribution in [0.5, 0.6) is 0 Å². The van der Waals surface area contributed by atoms with Crippen LogP contribution in [0.2, 0.25) is 0 Å². The Labute approximate surface area is 153 Å². The van der Waals surface area contributed by atoms with E-state index in [1.165, 1.54) is 0 Å². The van der Waals surface area contributed by atoms with E-state index in [1.807, 2.05) is 0 Å². The average molecular weight is 423 g/mol. The van der Waals surface area contributed by atoms with E-state index in [4.69, 9.17) is 4.42 Å². The molecule has 0 N–H and O–H groups in total. The predicted molar refractivity (Wildman–Crippen MR) is 78.7 cm³/mol. The molecule has 0 aliphatic rings. The van der Waals surface area contributed by atoms with Crippen molar-refractivity contribution in [1.82, 2.24) is 24.6 Å². The third-order valence-electron chi connectivity index (χ3n) is 3.96. The number of hydrogen-bond donors (Lipinski definition) is 0. The molecular formula is C15H5F8N5O. The van der Waals surface area contributed by atoms with Crippen LogP contribution in [-0.4, -0.2) is 30.7 Å². The highest BCUT2D eigenvalue weighted by atomic mass is 19.4. The quantitative estimate of drug-likeness (QED) is 0.441. The van der Waals surface area contributed by atoms with Gasteiger partial charge in [0.1, 0.15) is 22.7 Å². The molecule has 4 aromatic rings. The molecule has 4 heterocycles. The lowest BCUT2D eigenvalue weighted by atomic mass is 10.0. The number of halogens is 8. The highest BCUT2D eigenvalue weighted by molar-refractivity contribution is 5.84. The Bertz CT molecular complexity index is 1210. The first-order valence-corrected chi connectivity index (χ1v) is 7.51. The van der Waals surface area contributed by atoms with Gasteiger partial charge in [0.15, 0.2) is 0 Å². The van der Waals surface area contributed by atoms with Crippen LogP contribution < -0.4 is 0 Å². The van der Waals surface area contributed by atoms with Crippen LogP contribution in [0.4, 0.5) is 35.1 Å². The maximum absolute atomic E-state index is 14.0. The SMILES string of the molecule is FC(F)(F)c1cc(C(F)(F)C(F)(F)F)c2ccc3nc(-c4nnco4)cn3c2n1. The lowest BCUT2D eigenvalue weighted by Crippen LogP contribution is -2.34. The van der Waals surface area contributed by atoms with E-state index in [1.54, 1.807) is 0 Å². The van der Waals surface area contributed by atoms with Crippen LogP contribution in [0.15, 0.2) is 35.2 Å². The second-order valence-corrected chi connectivity index (χ2v) is 5.79. The monoisotopic (exact) mass is 423 g/mol. The maximum Gasteiger partial charge on any atom is 0.458 e. The van der Waals surface area contributed by atoms with Gasteiger partial charge in [0.25, 0.3) is 5.89 Å². The number of hydrogen-bond acceptors (Lipinski definition) is 5. The normalized spacial score (nSPS) is 13.5. The molecule has 0 fully saturated rings. The smallest absolute Gasteiger partial charge is 0.422 e. The zero-order chi connectivity index (χ0) is 21.2. The first-order valence-electron chi connectivity index (χ1n) is 7.51. The van der Waals surface area contributed by atoms with Crippen molar-refractivity contribution >= 4 is 16.7 Å². The summed E-state index contributed by atoms with van der Waals surface area (Å²) in [5.41, 5.74) is -4.71. The van der Waals surface area contributed by atoms with E-state index >= 15 is 0 Å². The van der Waals surface area contributed by atoms with E-state index in [-0.39, 0.29) is 23.3 Å². The van der Waals surface area contributed by atoms with Crippen molar-refractivity contribution < 1.29 is 39.5 Å². The fraction of sp³-hybridized carbons (Fsp3) is 0.200. The molecule has 4 rings (SSSR count). The Morgan fingerprint density at radius 2 is 1.66 bits per heavy atom. The molecule has 0 saturated carbocycles. The molecule has 0 saturated heterocycles. The first-order chi connectivity index (χ1) is 13.4. The molecule has 0 amide bonds. The van der Waals surface area contributed by atoms with Crippen LogP contribution in [0.3, 0.4) is 0 Å².